The number of carbonyl (C=O) groups excluding carboxylic acids is 2. The third-order valence-corrected chi connectivity index (χ3v) is 4.72. The molecular weight excluding hydrogens is 296 g/mol. The topological polar surface area (TPSA) is 61.8 Å². The third-order valence-electron chi connectivity index (χ3n) is 4.72. The van der Waals surface area contributed by atoms with Crippen molar-refractivity contribution in [2.45, 2.75) is 44.6 Å². The molecule has 2 aliphatic rings. The van der Waals surface area contributed by atoms with Gasteiger partial charge in [0.15, 0.2) is 17.3 Å². The number of hydrogen-bond donors (Lipinski definition) is 0. The fourth-order valence-electron chi connectivity index (χ4n) is 3.47. The maximum absolute atomic E-state index is 12.3. The molecular formula is C18H22O5. The molecule has 1 aromatic rings. The van der Waals surface area contributed by atoms with E-state index in [1.54, 1.807) is 13.2 Å². The molecule has 0 saturated heterocycles. The molecule has 1 aromatic carbocycles. The van der Waals surface area contributed by atoms with Crippen LogP contribution < -0.4 is 9.47 Å². The quantitative estimate of drug-likeness (QED) is 0.799. The van der Waals surface area contributed by atoms with Crippen molar-refractivity contribution in [1.82, 2.24) is 0 Å². The van der Waals surface area contributed by atoms with Gasteiger partial charge in [0, 0.05) is 12.0 Å². The van der Waals surface area contributed by atoms with Gasteiger partial charge in [-0.15, -0.1) is 0 Å². The molecule has 0 radical (unpaired) electrons. The Morgan fingerprint density at radius 2 is 1.83 bits per heavy atom. The lowest BCUT2D eigenvalue weighted by Gasteiger charge is -2.24. The smallest absolute Gasteiger partial charge is 0.309 e. The van der Waals surface area contributed by atoms with Crippen LogP contribution in [0, 0.1) is 5.92 Å². The van der Waals surface area contributed by atoms with Gasteiger partial charge in [0.05, 0.1) is 26.2 Å². The second-order valence-electron chi connectivity index (χ2n) is 6.24. The third kappa shape index (κ3) is 3.19. The van der Waals surface area contributed by atoms with Gasteiger partial charge in [-0.05, 0) is 49.8 Å². The highest BCUT2D eigenvalue weighted by atomic mass is 16.5. The average Bonchev–Trinajstić information content (AvgIpc) is 3.06. The van der Waals surface area contributed by atoms with Gasteiger partial charge in [-0.2, -0.15) is 0 Å². The molecule has 0 amide bonds. The number of esters is 1. The van der Waals surface area contributed by atoms with Gasteiger partial charge < -0.3 is 14.2 Å². The van der Waals surface area contributed by atoms with Gasteiger partial charge in [-0.25, -0.2) is 0 Å². The maximum Gasteiger partial charge on any atom is 0.309 e. The van der Waals surface area contributed by atoms with Crippen molar-refractivity contribution in [2.75, 3.05) is 14.2 Å². The SMILES string of the molecule is COC(=O)C1CC(=O)c2cc(OC)c(OC3CCCC3)cc2C1. The molecule has 1 unspecified atom stereocenters. The van der Waals surface area contributed by atoms with Crippen LogP contribution in [0.4, 0.5) is 0 Å². The molecule has 124 valence electrons. The average molecular weight is 318 g/mol. The molecule has 23 heavy (non-hydrogen) atoms. The predicted molar refractivity (Wildman–Crippen MR) is 84.0 cm³/mol. The first kappa shape index (κ1) is 15.8. The van der Waals surface area contributed by atoms with E-state index in [0.29, 0.717) is 23.5 Å². The van der Waals surface area contributed by atoms with Crippen molar-refractivity contribution in [1.29, 1.82) is 0 Å². The van der Waals surface area contributed by atoms with E-state index in [2.05, 4.69) is 0 Å². The van der Waals surface area contributed by atoms with Gasteiger partial charge in [0.1, 0.15) is 0 Å². The Morgan fingerprint density at radius 3 is 2.48 bits per heavy atom. The minimum absolute atomic E-state index is 0.0487. The molecule has 1 fully saturated rings. The van der Waals surface area contributed by atoms with Crippen molar-refractivity contribution in [2.24, 2.45) is 5.92 Å². The van der Waals surface area contributed by atoms with E-state index in [1.165, 1.54) is 20.0 Å². The minimum Gasteiger partial charge on any atom is -0.493 e. The fourth-order valence-corrected chi connectivity index (χ4v) is 3.47. The molecule has 0 heterocycles. The summed E-state index contributed by atoms with van der Waals surface area (Å²) in [5.74, 6) is 0.454. The summed E-state index contributed by atoms with van der Waals surface area (Å²) in [6.07, 6.45) is 5.35. The lowest BCUT2D eigenvalue weighted by Crippen LogP contribution is -2.27. The summed E-state index contributed by atoms with van der Waals surface area (Å²) in [7, 11) is 2.93. The van der Waals surface area contributed by atoms with Crippen molar-refractivity contribution >= 4 is 11.8 Å². The Labute approximate surface area is 135 Å². The van der Waals surface area contributed by atoms with Crippen molar-refractivity contribution in [3.05, 3.63) is 23.3 Å². The van der Waals surface area contributed by atoms with Crippen LogP contribution in [0.3, 0.4) is 0 Å². The van der Waals surface area contributed by atoms with E-state index in [0.717, 1.165) is 18.4 Å². The van der Waals surface area contributed by atoms with Gasteiger partial charge in [-0.3, -0.25) is 9.59 Å². The second-order valence-corrected chi connectivity index (χ2v) is 6.24. The van der Waals surface area contributed by atoms with Gasteiger partial charge >= 0.3 is 5.97 Å². The number of methoxy groups -OCH3 is 2. The molecule has 1 atom stereocenters. The lowest BCUT2D eigenvalue weighted by atomic mass is 9.82. The number of carbonyl (C=O) groups is 2. The highest BCUT2D eigenvalue weighted by molar-refractivity contribution is 6.01. The molecule has 3 rings (SSSR count). The highest BCUT2D eigenvalue weighted by Crippen LogP contribution is 2.38. The Balaban J connectivity index is 1.90. The van der Waals surface area contributed by atoms with E-state index in [-0.39, 0.29) is 24.3 Å². The van der Waals surface area contributed by atoms with E-state index >= 15 is 0 Å². The number of hydrogen-bond acceptors (Lipinski definition) is 5. The minimum atomic E-state index is -0.410. The zero-order chi connectivity index (χ0) is 16.4. The molecule has 0 spiro atoms. The summed E-state index contributed by atoms with van der Waals surface area (Å²) in [6.45, 7) is 0. The molecule has 5 nitrogen and oxygen atoms in total. The summed E-state index contributed by atoms with van der Waals surface area (Å²) in [5, 5.41) is 0. The Bertz CT molecular complexity index is 616. The van der Waals surface area contributed by atoms with Crippen LogP contribution in [-0.4, -0.2) is 32.1 Å². The number of ether oxygens (including phenoxy) is 3. The number of fused-ring (bicyclic) bond motifs is 1. The predicted octanol–water partition coefficient (Wildman–Crippen LogP) is 2.93. The summed E-state index contributed by atoms with van der Waals surface area (Å²) >= 11 is 0. The molecule has 0 N–H and O–H groups in total. The van der Waals surface area contributed by atoms with Gasteiger partial charge in [0.25, 0.3) is 0 Å². The Kier molecular flexibility index (Phi) is 4.55. The van der Waals surface area contributed by atoms with Crippen LogP contribution in [0.15, 0.2) is 12.1 Å². The molecule has 2 aliphatic carbocycles. The summed E-state index contributed by atoms with van der Waals surface area (Å²) in [6, 6.07) is 3.61. The largest absolute Gasteiger partial charge is 0.493 e. The van der Waals surface area contributed by atoms with E-state index in [1.807, 2.05) is 6.07 Å². The normalized spacial score (nSPS) is 21.0. The Morgan fingerprint density at radius 1 is 1.09 bits per heavy atom. The van der Waals surface area contributed by atoms with Crippen LogP contribution >= 0.6 is 0 Å². The number of rotatable bonds is 4. The number of Topliss-reactive ketones (excluding diaryl/α,β-unsaturated/α-hetero) is 1. The molecule has 0 aromatic heterocycles. The standard InChI is InChI=1S/C18H22O5/c1-21-16-10-14-11(7-12(8-15(14)19)18(20)22-2)9-17(16)23-13-5-3-4-6-13/h9-10,12-13H,3-8H2,1-2H3. The molecule has 5 heteroatoms. The first-order chi connectivity index (χ1) is 11.1. The van der Waals surface area contributed by atoms with E-state index in [9.17, 15) is 9.59 Å². The zero-order valence-corrected chi connectivity index (χ0v) is 13.6. The summed E-state index contributed by atoms with van der Waals surface area (Å²) in [4.78, 5) is 24.1. The monoisotopic (exact) mass is 318 g/mol. The van der Waals surface area contributed by atoms with Crippen molar-refractivity contribution < 1.29 is 23.8 Å². The highest BCUT2D eigenvalue weighted by Gasteiger charge is 2.32. The van der Waals surface area contributed by atoms with Crippen LogP contribution in [0.5, 0.6) is 11.5 Å². The maximum atomic E-state index is 12.3. The van der Waals surface area contributed by atoms with Gasteiger partial charge in [-0.1, -0.05) is 0 Å². The summed E-state index contributed by atoms with van der Waals surface area (Å²) < 4.78 is 16.3. The number of ketones is 1. The molecule has 0 aliphatic heterocycles. The zero-order valence-electron chi connectivity index (χ0n) is 13.6. The van der Waals surface area contributed by atoms with Crippen molar-refractivity contribution in [3.8, 4) is 11.5 Å². The van der Waals surface area contributed by atoms with Gasteiger partial charge in [0.2, 0.25) is 0 Å². The van der Waals surface area contributed by atoms with Crippen LogP contribution in [0.25, 0.3) is 0 Å². The van der Waals surface area contributed by atoms with E-state index in [4.69, 9.17) is 14.2 Å². The summed E-state index contributed by atoms with van der Waals surface area (Å²) in [5.41, 5.74) is 1.46. The van der Waals surface area contributed by atoms with Crippen LogP contribution in [0.1, 0.15) is 48.0 Å². The first-order valence-electron chi connectivity index (χ1n) is 8.11. The number of benzene rings is 1. The van der Waals surface area contributed by atoms with Crippen molar-refractivity contribution in [3.63, 3.8) is 0 Å². The second kappa shape index (κ2) is 6.60. The molecule has 1 saturated carbocycles. The Hall–Kier alpha value is -2.04. The van der Waals surface area contributed by atoms with Crippen LogP contribution in [-0.2, 0) is 16.0 Å². The van der Waals surface area contributed by atoms with Crippen LogP contribution in [0.2, 0.25) is 0 Å². The molecule has 0 bridgehead atoms. The first-order valence-corrected chi connectivity index (χ1v) is 8.11. The van der Waals surface area contributed by atoms with E-state index < -0.39 is 5.92 Å². The lowest BCUT2D eigenvalue weighted by molar-refractivity contribution is -0.145. The fraction of sp³-hybridized carbons (Fsp3) is 0.556.